The van der Waals surface area contributed by atoms with Crippen LogP contribution in [0.1, 0.15) is 42.6 Å². The van der Waals surface area contributed by atoms with E-state index in [1.807, 2.05) is 30.5 Å². The molecule has 2 aliphatic rings. The molecule has 1 aromatic heterocycles. The number of carbonyl (C=O) groups excluding carboxylic acids is 3. The molecule has 2 aliphatic heterocycles. The van der Waals surface area contributed by atoms with Crippen molar-refractivity contribution in [2.75, 3.05) is 48.8 Å². The summed E-state index contributed by atoms with van der Waals surface area (Å²) in [5.41, 5.74) is 5.80. The molecule has 3 aromatic carbocycles. The van der Waals surface area contributed by atoms with Gasteiger partial charge in [0, 0.05) is 60.6 Å². The van der Waals surface area contributed by atoms with E-state index in [9.17, 15) is 14.4 Å². The van der Waals surface area contributed by atoms with Crippen molar-refractivity contribution >= 4 is 57.9 Å². The monoisotopic (exact) mass is 577 g/mol. The van der Waals surface area contributed by atoms with Gasteiger partial charge in [-0.05, 0) is 79.0 Å². The maximum absolute atomic E-state index is 13.3. The van der Waals surface area contributed by atoms with Gasteiger partial charge in [-0.1, -0.05) is 24.3 Å². The molecule has 9 heteroatoms. The molecular weight excluding hydrogens is 546 g/mol. The maximum Gasteiger partial charge on any atom is 0.265 e. The van der Waals surface area contributed by atoms with Crippen molar-refractivity contribution in [1.82, 2.24) is 4.90 Å². The Morgan fingerprint density at radius 2 is 1.74 bits per heavy atom. The van der Waals surface area contributed by atoms with E-state index in [4.69, 9.17) is 0 Å². The van der Waals surface area contributed by atoms with Gasteiger partial charge in [0.2, 0.25) is 5.91 Å². The van der Waals surface area contributed by atoms with Crippen molar-refractivity contribution in [3.05, 3.63) is 105 Å². The number of thiophene rings is 1. The summed E-state index contributed by atoms with van der Waals surface area (Å²) in [7, 11) is 2.14. The standard InChI is InChI=1S/C33H31N5O3S/c1-21-16-30(42-20-21)33(41)35-25-5-3-4-22(17-25)31(39)23-6-11-27-28(32(40)36-29(27)18-23)19-34-24-7-9-26(10-8-24)38-14-12-37(2)13-15-38/h3-11,16-20,28H,12-15H2,1-2H3,(H,35,41)(H,36,40). The number of nitrogens with zero attached hydrogens (tertiary/aromatic N) is 3. The van der Waals surface area contributed by atoms with Gasteiger partial charge >= 0.3 is 0 Å². The number of likely N-dealkylation sites (N-methyl/N-ethyl adjacent to an activating group) is 1. The molecule has 1 saturated heterocycles. The van der Waals surface area contributed by atoms with Crippen LogP contribution in [-0.2, 0) is 4.79 Å². The van der Waals surface area contributed by atoms with E-state index in [1.165, 1.54) is 17.0 Å². The Hall–Kier alpha value is -4.60. The molecule has 2 amide bonds. The van der Waals surface area contributed by atoms with Crippen molar-refractivity contribution in [2.45, 2.75) is 12.8 Å². The number of nitrogens with one attached hydrogen (secondary N) is 2. The highest BCUT2D eigenvalue weighted by molar-refractivity contribution is 7.12. The molecule has 0 bridgehead atoms. The van der Waals surface area contributed by atoms with Gasteiger partial charge in [-0.2, -0.15) is 0 Å². The Balaban J connectivity index is 1.13. The smallest absolute Gasteiger partial charge is 0.265 e. The summed E-state index contributed by atoms with van der Waals surface area (Å²) in [4.78, 5) is 48.6. The quantitative estimate of drug-likeness (QED) is 0.216. The fourth-order valence-corrected chi connectivity index (χ4v) is 5.99. The summed E-state index contributed by atoms with van der Waals surface area (Å²) >= 11 is 1.38. The number of hydrogen-bond donors (Lipinski definition) is 2. The predicted molar refractivity (Wildman–Crippen MR) is 169 cm³/mol. The third-order valence-electron chi connectivity index (χ3n) is 7.62. The minimum Gasteiger partial charge on any atom is -0.369 e. The number of aryl methyl sites for hydroxylation is 1. The molecule has 0 saturated carbocycles. The molecule has 1 atom stereocenters. The lowest BCUT2D eigenvalue weighted by Crippen LogP contribution is -2.44. The molecule has 1 unspecified atom stereocenters. The summed E-state index contributed by atoms with van der Waals surface area (Å²) < 4.78 is 0. The van der Waals surface area contributed by atoms with E-state index in [0.717, 1.165) is 43.0 Å². The van der Waals surface area contributed by atoms with Gasteiger partial charge in [0.05, 0.1) is 10.6 Å². The number of amides is 2. The zero-order valence-corrected chi connectivity index (χ0v) is 24.3. The van der Waals surface area contributed by atoms with E-state index >= 15 is 0 Å². The maximum atomic E-state index is 13.3. The number of piperazine rings is 1. The van der Waals surface area contributed by atoms with Crippen LogP contribution in [0.3, 0.4) is 0 Å². The molecule has 2 N–H and O–H groups in total. The molecule has 0 aliphatic carbocycles. The van der Waals surface area contributed by atoms with Gasteiger partial charge in [0.15, 0.2) is 5.78 Å². The summed E-state index contributed by atoms with van der Waals surface area (Å²) in [6.07, 6.45) is 1.66. The summed E-state index contributed by atoms with van der Waals surface area (Å²) in [6.45, 7) is 6.03. The molecular formula is C33H31N5O3S. The van der Waals surface area contributed by atoms with Gasteiger partial charge in [-0.15, -0.1) is 11.3 Å². The number of benzene rings is 3. The summed E-state index contributed by atoms with van der Waals surface area (Å²) in [5, 5.41) is 7.68. The SMILES string of the molecule is Cc1csc(C(=O)Nc2cccc(C(=O)c3ccc4c(c3)NC(=O)C4C=Nc3ccc(N4CCN(C)CC4)cc3)c2)c1. The minimum absolute atomic E-state index is 0.180. The Morgan fingerprint density at radius 3 is 2.48 bits per heavy atom. The minimum atomic E-state index is -0.541. The summed E-state index contributed by atoms with van der Waals surface area (Å²) in [6, 6.07) is 22.0. The third-order valence-corrected chi connectivity index (χ3v) is 8.67. The Morgan fingerprint density at radius 1 is 0.976 bits per heavy atom. The topological polar surface area (TPSA) is 94.1 Å². The van der Waals surface area contributed by atoms with Crippen LogP contribution in [-0.4, -0.2) is 61.9 Å². The van der Waals surface area contributed by atoms with Gasteiger partial charge in [0.25, 0.3) is 5.91 Å². The Bertz CT molecular complexity index is 1690. The molecule has 3 heterocycles. The van der Waals surface area contributed by atoms with Crippen LogP contribution in [0.2, 0.25) is 0 Å². The highest BCUT2D eigenvalue weighted by Crippen LogP contribution is 2.33. The second kappa shape index (κ2) is 11.7. The van der Waals surface area contributed by atoms with Crippen molar-refractivity contribution in [3.63, 3.8) is 0 Å². The van der Waals surface area contributed by atoms with Crippen LogP contribution in [0.5, 0.6) is 0 Å². The van der Waals surface area contributed by atoms with Crippen molar-refractivity contribution in [1.29, 1.82) is 0 Å². The summed E-state index contributed by atoms with van der Waals surface area (Å²) in [5.74, 6) is -1.13. The molecule has 6 rings (SSSR count). The highest BCUT2D eigenvalue weighted by Gasteiger charge is 2.30. The molecule has 0 spiro atoms. The van der Waals surface area contributed by atoms with Crippen LogP contribution in [0, 0.1) is 6.92 Å². The number of carbonyl (C=O) groups is 3. The first-order valence-corrected chi connectivity index (χ1v) is 14.8. The van der Waals surface area contributed by atoms with E-state index < -0.39 is 5.92 Å². The molecule has 0 radical (unpaired) electrons. The lowest BCUT2D eigenvalue weighted by Gasteiger charge is -2.34. The van der Waals surface area contributed by atoms with E-state index in [2.05, 4.69) is 44.6 Å². The average Bonchev–Trinajstić information content (AvgIpc) is 3.58. The average molecular weight is 578 g/mol. The van der Waals surface area contributed by atoms with Crippen molar-refractivity contribution < 1.29 is 14.4 Å². The van der Waals surface area contributed by atoms with E-state index in [1.54, 1.807) is 48.7 Å². The van der Waals surface area contributed by atoms with Gasteiger partial charge in [0.1, 0.15) is 5.92 Å². The van der Waals surface area contributed by atoms with Crippen LogP contribution in [0.4, 0.5) is 22.7 Å². The van der Waals surface area contributed by atoms with Gasteiger partial charge in [-0.3, -0.25) is 19.4 Å². The third kappa shape index (κ3) is 5.88. The first kappa shape index (κ1) is 27.6. The molecule has 42 heavy (non-hydrogen) atoms. The van der Waals surface area contributed by atoms with Gasteiger partial charge in [-0.25, -0.2) is 0 Å². The lowest BCUT2D eigenvalue weighted by molar-refractivity contribution is -0.115. The van der Waals surface area contributed by atoms with Crippen LogP contribution in [0.15, 0.2) is 83.2 Å². The fraction of sp³-hybridized carbons (Fsp3) is 0.212. The number of aliphatic imine (C=N–C) groups is 1. The first-order valence-electron chi connectivity index (χ1n) is 13.9. The second-order valence-corrected chi connectivity index (χ2v) is 11.6. The Kier molecular flexibility index (Phi) is 7.69. The van der Waals surface area contributed by atoms with Crippen LogP contribution >= 0.6 is 11.3 Å². The molecule has 1 fully saturated rings. The van der Waals surface area contributed by atoms with Crippen LogP contribution in [0.25, 0.3) is 0 Å². The molecule has 212 valence electrons. The highest BCUT2D eigenvalue weighted by atomic mass is 32.1. The number of anilines is 3. The Labute approximate surface area is 248 Å². The van der Waals surface area contributed by atoms with Gasteiger partial charge < -0.3 is 20.4 Å². The van der Waals surface area contributed by atoms with Crippen LogP contribution < -0.4 is 15.5 Å². The number of fused-ring (bicyclic) bond motifs is 1. The number of ketones is 1. The second-order valence-electron chi connectivity index (χ2n) is 10.7. The fourth-order valence-electron chi connectivity index (χ4n) is 5.20. The lowest BCUT2D eigenvalue weighted by atomic mass is 9.97. The zero-order valence-electron chi connectivity index (χ0n) is 23.5. The van der Waals surface area contributed by atoms with Crippen molar-refractivity contribution in [3.8, 4) is 0 Å². The number of hydrogen-bond acceptors (Lipinski definition) is 7. The molecule has 4 aromatic rings. The van der Waals surface area contributed by atoms with E-state index in [0.29, 0.717) is 27.4 Å². The van der Waals surface area contributed by atoms with E-state index in [-0.39, 0.29) is 17.6 Å². The predicted octanol–water partition coefficient (Wildman–Crippen LogP) is 5.73. The normalized spacial score (nSPS) is 16.9. The zero-order chi connectivity index (χ0) is 29.2. The first-order chi connectivity index (χ1) is 20.3. The number of rotatable bonds is 7. The molecule has 8 nitrogen and oxygen atoms in total. The van der Waals surface area contributed by atoms with Crippen molar-refractivity contribution in [2.24, 2.45) is 4.99 Å². The largest absolute Gasteiger partial charge is 0.369 e.